The molecule has 2 rings (SSSR count). The summed E-state index contributed by atoms with van der Waals surface area (Å²) in [6.07, 6.45) is 0. The molecule has 2 nitrogen and oxygen atoms in total. The fourth-order valence-corrected chi connectivity index (χ4v) is 2.93. The van der Waals surface area contributed by atoms with Crippen LogP contribution in [0.4, 0.5) is 0 Å². The molecule has 0 spiro atoms. The number of carbonyl (C=O) groups excluding carboxylic acids is 1. The SMILES string of the molecule is Cc1ccc(OC(=O)c2ccc(Br)cc2Br)c(C)c1. The number of benzene rings is 2. The van der Waals surface area contributed by atoms with Crippen molar-refractivity contribution in [2.24, 2.45) is 0 Å². The Morgan fingerprint density at radius 2 is 1.79 bits per heavy atom. The number of ether oxygens (including phenoxy) is 1. The molecule has 0 heterocycles. The van der Waals surface area contributed by atoms with E-state index in [1.54, 1.807) is 6.07 Å². The van der Waals surface area contributed by atoms with E-state index in [2.05, 4.69) is 31.9 Å². The number of rotatable bonds is 2. The van der Waals surface area contributed by atoms with E-state index < -0.39 is 0 Å². The minimum absolute atomic E-state index is 0.369. The quantitative estimate of drug-likeness (QED) is 0.535. The third-order valence-electron chi connectivity index (χ3n) is 2.68. The van der Waals surface area contributed by atoms with Crippen molar-refractivity contribution < 1.29 is 9.53 Å². The van der Waals surface area contributed by atoms with Crippen molar-refractivity contribution in [1.29, 1.82) is 0 Å². The first-order valence-electron chi connectivity index (χ1n) is 5.72. The molecule has 0 atom stereocenters. The lowest BCUT2D eigenvalue weighted by Crippen LogP contribution is -2.10. The number of esters is 1. The zero-order chi connectivity index (χ0) is 14.0. The molecular formula is C15H12Br2O2. The molecule has 0 amide bonds. The minimum atomic E-state index is -0.369. The molecule has 0 saturated heterocycles. The second kappa shape index (κ2) is 5.88. The summed E-state index contributed by atoms with van der Waals surface area (Å²) in [5, 5.41) is 0. The van der Waals surface area contributed by atoms with E-state index in [1.165, 1.54) is 0 Å². The van der Waals surface area contributed by atoms with Crippen LogP contribution in [0.2, 0.25) is 0 Å². The molecule has 0 aliphatic carbocycles. The van der Waals surface area contributed by atoms with Crippen molar-refractivity contribution >= 4 is 37.8 Å². The lowest BCUT2D eigenvalue weighted by molar-refractivity contribution is 0.0732. The molecule has 4 heteroatoms. The van der Waals surface area contributed by atoms with Gasteiger partial charge in [-0.3, -0.25) is 0 Å². The summed E-state index contributed by atoms with van der Waals surface area (Å²) in [6, 6.07) is 11.1. The summed E-state index contributed by atoms with van der Waals surface area (Å²) in [7, 11) is 0. The molecule has 0 fully saturated rings. The van der Waals surface area contributed by atoms with Gasteiger partial charge in [0.05, 0.1) is 5.56 Å². The van der Waals surface area contributed by atoms with Gasteiger partial charge < -0.3 is 4.74 Å². The smallest absolute Gasteiger partial charge is 0.344 e. The van der Waals surface area contributed by atoms with Crippen LogP contribution in [0.5, 0.6) is 5.75 Å². The number of halogens is 2. The lowest BCUT2D eigenvalue weighted by atomic mass is 10.1. The first-order valence-corrected chi connectivity index (χ1v) is 7.30. The van der Waals surface area contributed by atoms with Gasteiger partial charge in [-0.15, -0.1) is 0 Å². The van der Waals surface area contributed by atoms with Crippen LogP contribution in [0.1, 0.15) is 21.5 Å². The Morgan fingerprint density at radius 3 is 2.42 bits per heavy atom. The minimum Gasteiger partial charge on any atom is -0.423 e. The molecule has 0 unspecified atom stereocenters. The van der Waals surface area contributed by atoms with Gasteiger partial charge in [-0.25, -0.2) is 4.79 Å². The number of hydrogen-bond acceptors (Lipinski definition) is 2. The van der Waals surface area contributed by atoms with Crippen LogP contribution in [0.3, 0.4) is 0 Å². The molecule has 98 valence electrons. The van der Waals surface area contributed by atoms with Crippen molar-refractivity contribution in [3.8, 4) is 5.75 Å². The normalized spacial score (nSPS) is 10.3. The van der Waals surface area contributed by atoms with Crippen LogP contribution in [0.15, 0.2) is 45.3 Å². The first-order chi connectivity index (χ1) is 8.97. The van der Waals surface area contributed by atoms with Crippen molar-refractivity contribution in [3.63, 3.8) is 0 Å². The molecule has 0 saturated carbocycles. The zero-order valence-electron chi connectivity index (χ0n) is 10.5. The number of hydrogen-bond donors (Lipinski definition) is 0. The highest BCUT2D eigenvalue weighted by atomic mass is 79.9. The van der Waals surface area contributed by atoms with E-state index in [-0.39, 0.29) is 5.97 Å². The van der Waals surface area contributed by atoms with E-state index in [0.29, 0.717) is 15.8 Å². The number of carbonyl (C=O) groups is 1. The van der Waals surface area contributed by atoms with Crippen molar-refractivity contribution in [3.05, 3.63) is 62.0 Å². The van der Waals surface area contributed by atoms with E-state index >= 15 is 0 Å². The molecular weight excluding hydrogens is 372 g/mol. The maximum absolute atomic E-state index is 12.1. The van der Waals surface area contributed by atoms with Gasteiger partial charge >= 0.3 is 5.97 Å². The molecule has 0 aliphatic rings. The summed E-state index contributed by atoms with van der Waals surface area (Å²) in [4.78, 5) is 12.1. The monoisotopic (exact) mass is 382 g/mol. The third-order valence-corrected chi connectivity index (χ3v) is 3.83. The number of aryl methyl sites for hydroxylation is 2. The highest BCUT2D eigenvalue weighted by Gasteiger charge is 2.13. The van der Waals surface area contributed by atoms with Crippen molar-refractivity contribution in [2.75, 3.05) is 0 Å². The van der Waals surface area contributed by atoms with E-state index in [0.717, 1.165) is 15.6 Å². The average molecular weight is 384 g/mol. The average Bonchev–Trinajstić information content (AvgIpc) is 2.32. The summed E-state index contributed by atoms with van der Waals surface area (Å²) in [6.45, 7) is 3.93. The fourth-order valence-electron chi connectivity index (χ4n) is 1.72. The van der Waals surface area contributed by atoms with Crippen LogP contribution < -0.4 is 4.74 Å². The molecule has 0 radical (unpaired) electrons. The van der Waals surface area contributed by atoms with Crippen LogP contribution >= 0.6 is 31.9 Å². The topological polar surface area (TPSA) is 26.3 Å². The van der Waals surface area contributed by atoms with Gasteiger partial charge in [0.1, 0.15) is 5.75 Å². The van der Waals surface area contributed by atoms with Crippen molar-refractivity contribution in [1.82, 2.24) is 0 Å². The van der Waals surface area contributed by atoms with Crippen LogP contribution in [-0.4, -0.2) is 5.97 Å². The predicted molar refractivity (Wildman–Crippen MR) is 82.7 cm³/mol. The predicted octanol–water partition coefficient (Wildman–Crippen LogP) is 5.05. The molecule has 0 bridgehead atoms. The summed E-state index contributed by atoms with van der Waals surface area (Å²) in [5.74, 6) is 0.219. The second-order valence-electron chi connectivity index (χ2n) is 4.28. The van der Waals surface area contributed by atoms with Crippen LogP contribution in [0.25, 0.3) is 0 Å². The van der Waals surface area contributed by atoms with Crippen LogP contribution in [0, 0.1) is 13.8 Å². The molecule has 2 aromatic carbocycles. The van der Waals surface area contributed by atoms with E-state index in [1.807, 2.05) is 44.2 Å². The Balaban J connectivity index is 2.25. The standard InChI is InChI=1S/C15H12Br2O2/c1-9-3-6-14(10(2)7-9)19-15(18)12-5-4-11(16)8-13(12)17/h3-8H,1-2H3. The summed E-state index contributed by atoms with van der Waals surface area (Å²) in [5.41, 5.74) is 2.59. The zero-order valence-corrected chi connectivity index (χ0v) is 13.7. The molecule has 0 aromatic heterocycles. The first kappa shape index (κ1) is 14.3. The van der Waals surface area contributed by atoms with Gasteiger partial charge in [-0.1, -0.05) is 33.6 Å². The van der Waals surface area contributed by atoms with Crippen molar-refractivity contribution in [2.45, 2.75) is 13.8 Å². The van der Waals surface area contributed by atoms with Gasteiger partial charge in [0.2, 0.25) is 0 Å². The Labute approximate surface area is 129 Å². The Hall–Kier alpha value is -1.13. The van der Waals surface area contributed by atoms with Crippen LogP contribution in [-0.2, 0) is 0 Å². The van der Waals surface area contributed by atoms with Gasteiger partial charge in [-0.05, 0) is 59.6 Å². The summed E-state index contributed by atoms with van der Waals surface area (Å²) < 4.78 is 7.03. The molecule has 19 heavy (non-hydrogen) atoms. The maximum atomic E-state index is 12.1. The van der Waals surface area contributed by atoms with E-state index in [9.17, 15) is 4.79 Å². The molecule has 0 N–H and O–H groups in total. The molecule has 0 aliphatic heterocycles. The van der Waals surface area contributed by atoms with Gasteiger partial charge in [-0.2, -0.15) is 0 Å². The Morgan fingerprint density at radius 1 is 1.05 bits per heavy atom. The lowest BCUT2D eigenvalue weighted by Gasteiger charge is -2.09. The Bertz CT molecular complexity index is 636. The third kappa shape index (κ3) is 3.45. The van der Waals surface area contributed by atoms with Gasteiger partial charge in [0.15, 0.2) is 0 Å². The maximum Gasteiger partial charge on any atom is 0.344 e. The Kier molecular flexibility index (Phi) is 4.42. The highest BCUT2D eigenvalue weighted by molar-refractivity contribution is 9.11. The highest BCUT2D eigenvalue weighted by Crippen LogP contribution is 2.25. The van der Waals surface area contributed by atoms with E-state index in [4.69, 9.17) is 4.74 Å². The fraction of sp³-hybridized carbons (Fsp3) is 0.133. The molecule has 2 aromatic rings. The van der Waals surface area contributed by atoms with Gasteiger partial charge in [0.25, 0.3) is 0 Å². The second-order valence-corrected chi connectivity index (χ2v) is 6.05. The largest absolute Gasteiger partial charge is 0.423 e. The summed E-state index contributed by atoms with van der Waals surface area (Å²) >= 11 is 6.71. The van der Waals surface area contributed by atoms with Gasteiger partial charge in [0, 0.05) is 8.95 Å².